The first kappa shape index (κ1) is 16.9. The standard InChI is InChI=1S/C21H26N4O/c1-2-24-14-10-16-8-9-17(15-19(16)24)23-21(26)18-7-6-11-22-20(18)25-12-4-3-5-13-25/h6-9,11,15H,2-5,10,12-14H2,1H3,(H,23,26). The zero-order valence-corrected chi connectivity index (χ0v) is 15.4. The molecule has 1 amide bonds. The van der Waals surface area contributed by atoms with Crippen molar-refractivity contribution in [3.8, 4) is 0 Å². The number of likely N-dealkylation sites (N-methyl/N-ethyl adjacent to an activating group) is 1. The lowest BCUT2D eigenvalue weighted by molar-refractivity contribution is 0.102. The van der Waals surface area contributed by atoms with Crippen LogP contribution in [0.25, 0.3) is 0 Å². The summed E-state index contributed by atoms with van der Waals surface area (Å²) >= 11 is 0. The van der Waals surface area contributed by atoms with E-state index >= 15 is 0 Å². The SMILES string of the molecule is CCN1CCc2ccc(NC(=O)c3cccnc3N3CCCCC3)cc21. The van der Waals surface area contributed by atoms with Crippen molar-refractivity contribution in [1.82, 2.24) is 4.98 Å². The summed E-state index contributed by atoms with van der Waals surface area (Å²) in [5, 5.41) is 3.08. The zero-order chi connectivity index (χ0) is 17.9. The van der Waals surface area contributed by atoms with E-state index in [4.69, 9.17) is 0 Å². The number of hydrogen-bond donors (Lipinski definition) is 1. The van der Waals surface area contributed by atoms with E-state index in [2.05, 4.69) is 39.2 Å². The number of nitrogens with one attached hydrogen (secondary N) is 1. The summed E-state index contributed by atoms with van der Waals surface area (Å²) in [7, 11) is 0. The predicted octanol–water partition coefficient (Wildman–Crippen LogP) is 3.71. The fourth-order valence-corrected chi connectivity index (χ4v) is 3.98. The molecule has 0 saturated carbocycles. The van der Waals surface area contributed by atoms with E-state index in [-0.39, 0.29) is 5.91 Å². The van der Waals surface area contributed by atoms with Crippen LogP contribution >= 0.6 is 0 Å². The maximum atomic E-state index is 12.9. The first-order valence-corrected chi connectivity index (χ1v) is 9.65. The van der Waals surface area contributed by atoms with E-state index in [0.717, 1.165) is 56.9 Å². The van der Waals surface area contributed by atoms with Gasteiger partial charge in [-0.15, -0.1) is 0 Å². The van der Waals surface area contributed by atoms with E-state index < -0.39 is 0 Å². The number of hydrogen-bond acceptors (Lipinski definition) is 4. The Labute approximate surface area is 155 Å². The van der Waals surface area contributed by atoms with E-state index in [9.17, 15) is 4.79 Å². The third kappa shape index (κ3) is 3.26. The lowest BCUT2D eigenvalue weighted by atomic mass is 10.1. The van der Waals surface area contributed by atoms with Crippen molar-refractivity contribution >= 4 is 23.1 Å². The summed E-state index contributed by atoms with van der Waals surface area (Å²) in [6.45, 7) is 6.17. The van der Waals surface area contributed by atoms with E-state index in [1.165, 1.54) is 17.7 Å². The highest BCUT2D eigenvalue weighted by molar-refractivity contribution is 6.07. The molecule has 0 bridgehead atoms. The minimum absolute atomic E-state index is 0.0836. The number of benzene rings is 1. The molecule has 2 aliphatic heterocycles. The number of amides is 1. The number of aromatic nitrogens is 1. The molecule has 26 heavy (non-hydrogen) atoms. The van der Waals surface area contributed by atoms with Gasteiger partial charge < -0.3 is 15.1 Å². The Morgan fingerprint density at radius 2 is 2.00 bits per heavy atom. The monoisotopic (exact) mass is 350 g/mol. The number of anilines is 3. The maximum absolute atomic E-state index is 12.9. The third-order valence-corrected chi connectivity index (χ3v) is 5.40. The molecule has 136 valence electrons. The van der Waals surface area contributed by atoms with Crippen molar-refractivity contribution < 1.29 is 4.79 Å². The quantitative estimate of drug-likeness (QED) is 0.913. The van der Waals surface area contributed by atoms with Crippen LogP contribution < -0.4 is 15.1 Å². The van der Waals surface area contributed by atoms with Crippen molar-refractivity contribution in [2.45, 2.75) is 32.6 Å². The topological polar surface area (TPSA) is 48.5 Å². The molecule has 1 saturated heterocycles. The Hall–Kier alpha value is -2.56. The normalized spacial score (nSPS) is 16.5. The number of fused-ring (bicyclic) bond motifs is 1. The van der Waals surface area contributed by atoms with Crippen LogP contribution in [-0.4, -0.2) is 37.1 Å². The summed E-state index contributed by atoms with van der Waals surface area (Å²) in [5.41, 5.74) is 4.11. The first-order valence-electron chi connectivity index (χ1n) is 9.65. The molecule has 5 nitrogen and oxygen atoms in total. The Kier molecular flexibility index (Phi) is 4.78. The molecular weight excluding hydrogens is 324 g/mol. The Morgan fingerprint density at radius 3 is 2.81 bits per heavy atom. The number of pyridine rings is 1. The molecule has 1 aromatic heterocycles. The van der Waals surface area contributed by atoms with E-state index in [1.807, 2.05) is 18.2 Å². The number of rotatable bonds is 4. The molecule has 0 aliphatic carbocycles. The Morgan fingerprint density at radius 1 is 1.15 bits per heavy atom. The van der Waals surface area contributed by atoms with Gasteiger partial charge in [0.15, 0.2) is 0 Å². The van der Waals surface area contributed by atoms with E-state index in [1.54, 1.807) is 6.20 Å². The average molecular weight is 350 g/mol. The van der Waals surface area contributed by atoms with Crippen LogP contribution in [0.15, 0.2) is 36.5 Å². The van der Waals surface area contributed by atoms with Crippen molar-refractivity contribution in [2.24, 2.45) is 0 Å². The molecule has 0 radical (unpaired) electrons. The molecule has 2 aliphatic rings. The highest BCUT2D eigenvalue weighted by Gasteiger charge is 2.21. The largest absolute Gasteiger partial charge is 0.371 e. The fourth-order valence-electron chi connectivity index (χ4n) is 3.98. The highest BCUT2D eigenvalue weighted by atomic mass is 16.1. The Bertz CT molecular complexity index is 798. The molecule has 0 atom stereocenters. The first-order chi connectivity index (χ1) is 12.8. The van der Waals surface area contributed by atoms with Crippen LogP contribution in [0.2, 0.25) is 0 Å². The van der Waals surface area contributed by atoms with Crippen molar-refractivity contribution in [1.29, 1.82) is 0 Å². The van der Waals surface area contributed by atoms with E-state index in [0.29, 0.717) is 5.56 Å². The van der Waals surface area contributed by atoms with Gasteiger partial charge in [0.05, 0.1) is 5.56 Å². The fraction of sp³-hybridized carbons (Fsp3) is 0.429. The number of carbonyl (C=O) groups is 1. The smallest absolute Gasteiger partial charge is 0.259 e. The maximum Gasteiger partial charge on any atom is 0.259 e. The molecule has 0 spiro atoms. The molecule has 2 aromatic rings. The number of piperidine rings is 1. The van der Waals surface area contributed by atoms with Gasteiger partial charge in [0.1, 0.15) is 5.82 Å². The van der Waals surface area contributed by atoms with Crippen molar-refractivity contribution in [3.63, 3.8) is 0 Å². The molecule has 1 N–H and O–H groups in total. The van der Waals surface area contributed by atoms with Crippen LogP contribution in [0.1, 0.15) is 42.1 Å². The molecule has 1 aromatic carbocycles. The van der Waals surface area contributed by atoms with Crippen LogP contribution in [0, 0.1) is 0 Å². The summed E-state index contributed by atoms with van der Waals surface area (Å²) < 4.78 is 0. The van der Waals surface area contributed by atoms with Gasteiger partial charge in [-0.3, -0.25) is 4.79 Å². The summed E-state index contributed by atoms with van der Waals surface area (Å²) in [6.07, 6.45) is 6.44. The molecule has 4 rings (SSSR count). The lowest BCUT2D eigenvalue weighted by Crippen LogP contribution is -2.32. The van der Waals surface area contributed by atoms with Gasteiger partial charge in [-0.25, -0.2) is 4.98 Å². The van der Waals surface area contributed by atoms with Crippen LogP contribution in [0.4, 0.5) is 17.2 Å². The predicted molar refractivity (Wildman–Crippen MR) is 106 cm³/mol. The van der Waals surface area contributed by atoms with Gasteiger partial charge in [-0.2, -0.15) is 0 Å². The number of nitrogens with zero attached hydrogens (tertiary/aromatic N) is 3. The second-order valence-electron chi connectivity index (χ2n) is 7.05. The van der Waals surface area contributed by atoms with Gasteiger partial charge in [-0.1, -0.05) is 6.07 Å². The van der Waals surface area contributed by atoms with Gasteiger partial charge in [-0.05, 0) is 62.4 Å². The highest BCUT2D eigenvalue weighted by Crippen LogP contribution is 2.31. The minimum atomic E-state index is -0.0836. The molecule has 0 unspecified atom stereocenters. The number of carbonyl (C=O) groups excluding carboxylic acids is 1. The second kappa shape index (κ2) is 7.36. The average Bonchev–Trinajstić information content (AvgIpc) is 3.11. The van der Waals surface area contributed by atoms with Gasteiger partial charge >= 0.3 is 0 Å². The summed E-state index contributed by atoms with van der Waals surface area (Å²) in [4.78, 5) is 22.0. The van der Waals surface area contributed by atoms with Crippen molar-refractivity contribution in [3.05, 3.63) is 47.7 Å². The van der Waals surface area contributed by atoms with Crippen molar-refractivity contribution in [2.75, 3.05) is 41.3 Å². The Balaban J connectivity index is 1.56. The summed E-state index contributed by atoms with van der Waals surface area (Å²) in [6, 6.07) is 9.95. The van der Waals surface area contributed by atoms with Gasteiger partial charge in [0, 0.05) is 43.8 Å². The zero-order valence-electron chi connectivity index (χ0n) is 15.4. The summed E-state index contributed by atoms with van der Waals surface area (Å²) in [5.74, 6) is 0.723. The lowest BCUT2D eigenvalue weighted by Gasteiger charge is -2.29. The molecular formula is C21H26N4O. The van der Waals surface area contributed by atoms with Gasteiger partial charge in [0.2, 0.25) is 0 Å². The molecule has 3 heterocycles. The second-order valence-corrected chi connectivity index (χ2v) is 7.05. The van der Waals surface area contributed by atoms with Crippen LogP contribution in [-0.2, 0) is 6.42 Å². The van der Waals surface area contributed by atoms with Crippen LogP contribution in [0.3, 0.4) is 0 Å². The molecule has 5 heteroatoms. The van der Waals surface area contributed by atoms with Crippen LogP contribution in [0.5, 0.6) is 0 Å². The molecule has 1 fully saturated rings. The third-order valence-electron chi connectivity index (χ3n) is 5.40. The van der Waals surface area contributed by atoms with Gasteiger partial charge in [0.25, 0.3) is 5.91 Å². The minimum Gasteiger partial charge on any atom is -0.371 e.